The topological polar surface area (TPSA) is 58.6 Å². The van der Waals surface area contributed by atoms with Crippen LogP contribution in [0.2, 0.25) is 0 Å². The third-order valence-electron chi connectivity index (χ3n) is 2.06. The minimum absolute atomic E-state index is 0.139. The predicted octanol–water partition coefficient (Wildman–Crippen LogP) is 1.92. The number of aliphatic carboxylic acids is 1. The van der Waals surface area contributed by atoms with Crippen LogP contribution in [-0.2, 0) is 9.53 Å². The number of carboxylic acids is 1. The Balaban J connectivity index is 2.65. The average molecular weight is 241 g/mol. The number of ether oxygens (including phenoxy) is 1. The van der Waals surface area contributed by atoms with E-state index in [0.717, 1.165) is 10.6 Å². The number of hydrogen-bond acceptors (Lipinski definition) is 4. The molecule has 0 saturated carbocycles. The molecule has 0 radical (unpaired) electrons. The van der Waals surface area contributed by atoms with E-state index in [2.05, 4.69) is 5.32 Å². The smallest absolute Gasteiger partial charge is 0.328 e. The van der Waals surface area contributed by atoms with Gasteiger partial charge in [0.2, 0.25) is 0 Å². The number of benzene rings is 1. The van der Waals surface area contributed by atoms with Crippen LogP contribution in [0, 0.1) is 0 Å². The molecule has 1 unspecified atom stereocenters. The van der Waals surface area contributed by atoms with E-state index >= 15 is 0 Å². The molecule has 0 saturated heterocycles. The highest BCUT2D eigenvalue weighted by Gasteiger charge is 2.16. The van der Waals surface area contributed by atoms with E-state index < -0.39 is 12.0 Å². The Morgan fingerprint density at radius 3 is 2.56 bits per heavy atom. The zero-order valence-electron chi connectivity index (χ0n) is 9.27. The molecule has 1 aromatic carbocycles. The summed E-state index contributed by atoms with van der Waals surface area (Å²) in [5, 5.41) is 11.8. The van der Waals surface area contributed by atoms with Crippen molar-refractivity contribution in [2.45, 2.75) is 10.9 Å². The third kappa shape index (κ3) is 3.75. The van der Waals surface area contributed by atoms with Gasteiger partial charge in [0.15, 0.2) is 0 Å². The summed E-state index contributed by atoms with van der Waals surface area (Å²) in [7, 11) is 1.48. The lowest BCUT2D eigenvalue weighted by Gasteiger charge is -2.14. The highest BCUT2D eigenvalue weighted by Crippen LogP contribution is 2.17. The molecule has 1 aromatic rings. The molecule has 0 fully saturated rings. The number of hydrogen-bond donors (Lipinski definition) is 2. The second-order valence-electron chi connectivity index (χ2n) is 3.22. The Bertz CT molecular complexity index is 340. The minimum atomic E-state index is -0.921. The summed E-state index contributed by atoms with van der Waals surface area (Å²) < 4.78 is 4.83. The summed E-state index contributed by atoms with van der Waals surface area (Å²) in [6.45, 7) is 0.139. The van der Waals surface area contributed by atoms with Gasteiger partial charge < -0.3 is 15.2 Å². The first-order valence-electron chi connectivity index (χ1n) is 4.79. The molecule has 2 N–H and O–H groups in total. The van der Waals surface area contributed by atoms with Gasteiger partial charge >= 0.3 is 5.97 Å². The standard InChI is InChI=1S/C11H15NO3S/c1-15-7-10(11(13)14)12-8-3-5-9(16-2)6-4-8/h3-6,10,12H,7H2,1-2H3,(H,13,14). The fourth-order valence-electron chi connectivity index (χ4n) is 1.23. The van der Waals surface area contributed by atoms with Crippen LogP contribution in [-0.4, -0.2) is 37.1 Å². The fourth-order valence-corrected chi connectivity index (χ4v) is 1.64. The van der Waals surface area contributed by atoms with Crippen LogP contribution in [0.3, 0.4) is 0 Å². The van der Waals surface area contributed by atoms with Crippen LogP contribution >= 0.6 is 11.8 Å². The molecule has 0 amide bonds. The first-order chi connectivity index (χ1) is 7.67. The summed E-state index contributed by atoms with van der Waals surface area (Å²) in [6.07, 6.45) is 1.99. The Kier molecular flexibility index (Phi) is 5.14. The van der Waals surface area contributed by atoms with E-state index in [-0.39, 0.29) is 6.61 Å². The third-order valence-corrected chi connectivity index (χ3v) is 2.81. The summed E-state index contributed by atoms with van der Waals surface area (Å²) >= 11 is 1.64. The first-order valence-corrected chi connectivity index (χ1v) is 6.02. The summed E-state index contributed by atoms with van der Waals surface area (Å²) in [5.74, 6) is -0.921. The number of methoxy groups -OCH3 is 1. The molecule has 1 atom stereocenters. The van der Waals surface area contributed by atoms with Crippen molar-refractivity contribution in [2.24, 2.45) is 0 Å². The SMILES string of the molecule is COCC(Nc1ccc(SC)cc1)C(=O)O. The quantitative estimate of drug-likeness (QED) is 0.745. The van der Waals surface area contributed by atoms with Crippen molar-refractivity contribution in [1.82, 2.24) is 0 Å². The molecule has 0 aliphatic heterocycles. The predicted molar refractivity (Wildman–Crippen MR) is 65.1 cm³/mol. The van der Waals surface area contributed by atoms with Gasteiger partial charge in [-0.05, 0) is 30.5 Å². The normalized spacial score (nSPS) is 12.1. The Hall–Kier alpha value is -1.20. The molecule has 1 rings (SSSR count). The molecule has 5 heteroatoms. The fraction of sp³-hybridized carbons (Fsp3) is 0.364. The molecule has 0 aromatic heterocycles. The second kappa shape index (κ2) is 6.40. The van der Waals surface area contributed by atoms with Gasteiger partial charge in [0.05, 0.1) is 6.61 Å². The molecule has 4 nitrogen and oxygen atoms in total. The van der Waals surface area contributed by atoms with Crippen LogP contribution in [0.1, 0.15) is 0 Å². The van der Waals surface area contributed by atoms with E-state index in [4.69, 9.17) is 9.84 Å². The van der Waals surface area contributed by atoms with Crippen LogP contribution in [0.25, 0.3) is 0 Å². The van der Waals surface area contributed by atoms with E-state index in [0.29, 0.717) is 0 Å². The van der Waals surface area contributed by atoms with Gasteiger partial charge in [0.1, 0.15) is 6.04 Å². The molecule has 0 aliphatic carbocycles. The van der Waals surface area contributed by atoms with Crippen molar-refractivity contribution in [3.05, 3.63) is 24.3 Å². The zero-order valence-corrected chi connectivity index (χ0v) is 10.1. The molecular weight excluding hydrogens is 226 g/mol. The maximum absolute atomic E-state index is 10.9. The molecular formula is C11H15NO3S. The molecule has 16 heavy (non-hydrogen) atoms. The molecule has 0 aliphatic rings. The zero-order chi connectivity index (χ0) is 12.0. The summed E-state index contributed by atoms with van der Waals surface area (Å²) in [5.41, 5.74) is 0.780. The van der Waals surface area contributed by atoms with Crippen LogP contribution < -0.4 is 5.32 Å². The van der Waals surface area contributed by atoms with E-state index in [9.17, 15) is 4.79 Å². The largest absolute Gasteiger partial charge is 0.480 e. The van der Waals surface area contributed by atoms with E-state index in [1.165, 1.54) is 7.11 Å². The maximum atomic E-state index is 10.9. The average Bonchev–Trinajstić information content (AvgIpc) is 2.29. The summed E-state index contributed by atoms with van der Waals surface area (Å²) in [4.78, 5) is 12.0. The highest BCUT2D eigenvalue weighted by molar-refractivity contribution is 7.98. The lowest BCUT2D eigenvalue weighted by atomic mass is 10.2. The van der Waals surface area contributed by atoms with Crippen molar-refractivity contribution in [3.8, 4) is 0 Å². The first kappa shape index (κ1) is 12.9. The van der Waals surface area contributed by atoms with Gasteiger partial charge in [-0.2, -0.15) is 0 Å². The Morgan fingerprint density at radius 1 is 1.50 bits per heavy atom. The van der Waals surface area contributed by atoms with Gasteiger partial charge in [-0.3, -0.25) is 0 Å². The van der Waals surface area contributed by atoms with Crippen molar-refractivity contribution < 1.29 is 14.6 Å². The van der Waals surface area contributed by atoms with Crippen LogP contribution in [0.4, 0.5) is 5.69 Å². The number of thioether (sulfide) groups is 1. The van der Waals surface area contributed by atoms with Crippen molar-refractivity contribution in [3.63, 3.8) is 0 Å². The Labute approximate surface area is 99.0 Å². The number of nitrogens with one attached hydrogen (secondary N) is 1. The van der Waals surface area contributed by atoms with Crippen LogP contribution in [0.5, 0.6) is 0 Å². The van der Waals surface area contributed by atoms with Gasteiger partial charge in [-0.25, -0.2) is 4.79 Å². The lowest BCUT2D eigenvalue weighted by Crippen LogP contribution is -2.33. The monoisotopic (exact) mass is 241 g/mol. The van der Waals surface area contributed by atoms with E-state index in [1.54, 1.807) is 11.8 Å². The van der Waals surface area contributed by atoms with Gasteiger partial charge in [0, 0.05) is 17.7 Å². The van der Waals surface area contributed by atoms with Crippen LogP contribution in [0.15, 0.2) is 29.2 Å². The van der Waals surface area contributed by atoms with Gasteiger partial charge in [0.25, 0.3) is 0 Å². The number of rotatable bonds is 6. The molecule has 88 valence electrons. The maximum Gasteiger partial charge on any atom is 0.328 e. The highest BCUT2D eigenvalue weighted by atomic mass is 32.2. The summed E-state index contributed by atoms with van der Waals surface area (Å²) in [6, 6.07) is 6.89. The number of carbonyl (C=O) groups is 1. The van der Waals surface area contributed by atoms with Crippen molar-refractivity contribution >= 4 is 23.4 Å². The van der Waals surface area contributed by atoms with Crippen molar-refractivity contribution in [2.75, 3.05) is 25.3 Å². The van der Waals surface area contributed by atoms with E-state index in [1.807, 2.05) is 30.5 Å². The molecule has 0 heterocycles. The minimum Gasteiger partial charge on any atom is -0.480 e. The molecule has 0 bridgehead atoms. The molecule has 0 spiro atoms. The van der Waals surface area contributed by atoms with Crippen molar-refractivity contribution in [1.29, 1.82) is 0 Å². The lowest BCUT2D eigenvalue weighted by molar-refractivity contribution is -0.139. The number of carboxylic acid groups (broad SMARTS) is 1. The van der Waals surface area contributed by atoms with Gasteiger partial charge in [-0.1, -0.05) is 0 Å². The Morgan fingerprint density at radius 2 is 2.12 bits per heavy atom. The van der Waals surface area contributed by atoms with Gasteiger partial charge in [-0.15, -0.1) is 11.8 Å². The number of anilines is 1. The second-order valence-corrected chi connectivity index (χ2v) is 4.10.